The molecule has 1 aromatic rings. The number of piperidine rings is 1. The minimum atomic E-state index is -0.878. The van der Waals surface area contributed by atoms with Crippen molar-refractivity contribution in [3.05, 3.63) is 34.9 Å². The molecule has 2 unspecified atom stereocenters. The average molecular weight is 327 g/mol. The molecular formula is C16H23ClN2O3. The van der Waals surface area contributed by atoms with Crippen molar-refractivity contribution in [2.75, 3.05) is 26.2 Å². The summed E-state index contributed by atoms with van der Waals surface area (Å²) < 4.78 is 6.08. The Hall–Kier alpha value is -1.30. The number of nitrogens with zero attached hydrogens (tertiary/aromatic N) is 1. The Kier molecular flexibility index (Phi) is 5.67. The van der Waals surface area contributed by atoms with E-state index in [1.807, 2.05) is 31.2 Å². The Labute approximate surface area is 136 Å². The molecule has 0 radical (unpaired) electrons. The molecule has 0 aromatic heterocycles. The number of hydrogen-bond donors (Lipinski definition) is 2. The Bertz CT molecular complexity index is 526. The van der Waals surface area contributed by atoms with E-state index < -0.39 is 11.7 Å². The van der Waals surface area contributed by atoms with E-state index in [1.54, 1.807) is 0 Å². The number of carboxylic acid groups (broad SMARTS) is 1. The third-order valence-corrected chi connectivity index (χ3v) is 4.62. The lowest BCUT2D eigenvalue weighted by Crippen LogP contribution is -2.48. The van der Waals surface area contributed by atoms with Gasteiger partial charge in [-0.3, -0.25) is 0 Å². The van der Waals surface area contributed by atoms with Crippen molar-refractivity contribution in [2.45, 2.75) is 25.4 Å². The van der Waals surface area contributed by atoms with Crippen LogP contribution in [-0.2, 0) is 10.3 Å². The molecule has 0 aliphatic carbocycles. The van der Waals surface area contributed by atoms with E-state index >= 15 is 0 Å². The van der Waals surface area contributed by atoms with E-state index in [2.05, 4.69) is 0 Å². The van der Waals surface area contributed by atoms with Crippen LogP contribution in [0.25, 0.3) is 0 Å². The van der Waals surface area contributed by atoms with E-state index in [0.717, 1.165) is 18.4 Å². The van der Waals surface area contributed by atoms with Gasteiger partial charge in [-0.15, -0.1) is 0 Å². The summed E-state index contributed by atoms with van der Waals surface area (Å²) >= 11 is 6.12. The van der Waals surface area contributed by atoms with Gasteiger partial charge in [-0.25, -0.2) is 4.79 Å². The number of amides is 1. The highest BCUT2D eigenvalue weighted by atomic mass is 35.5. The van der Waals surface area contributed by atoms with Gasteiger partial charge in [0.2, 0.25) is 0 Å². The molecule has 1 fully saturated rings. The molecule has 0 bridgehead atoms. The summed E-state index contributed by atoms with van der Waals surface area (Å²) in [5, 5.41) is 9.90. The largest absolute Gasteiger partial charge is 0.465 e. The number of likely N-dealkylation sites (tertiary alicyclic amines) is 1. The topological polar surface area (TPSA) is 75.8 Å². The minimum Gasteiger partial charge on any atom is -0.465 e. The summed E-state index contributed by atoms with van der Waals surface area (Å²) in [4.78, 5) is 12.7. The lowest BCUT2D eigenvalue weighted by Gasteiger charge is -2.43. The minimum absolute atomic E-state index is 0.0716. The highest BCUT2D eigenvalue weighted by molar-refractivity contribution is 6.30. The van der Waals surface area contributed by atoms with Crippen LogP contribution in [0.4, 0.5) is 4.79 Å². The average Bonchev–Trinajstić information content (AvgIpc) is 2.52. The standard InChI is InChI=1S/C16H23ClN2O3/c1-16(22-9-7-18,12-4-2-6-14(17)10-12)13-5-3-8-19(11-13)15(20)21/h2,4,6,10,13H,3,5,7-9,11,18H2,1H3,(H,20,21). The zero-order valence-electron chi connectivity index (χ0n) is 12.8. The predicted molar refractivity (Wildman–Crippen MR) is 86.1 cm³/mol. The number of halogens is 1. The first-order valence-electron chi connectivity index (χ1n) is 7.55. The molecule has 122 valence electrons. The van der Waals surface area contributed by atoms with Crippen molar-refractivity contribution < 1.29 is 14.6 Å². The third-order valence-electron chi connectivity index (χ3n) is 4.39. The van der Waals surface area contributed by atoms with Crippen LogP contribution in [0.3, 0.4) is 0 Å². The fourth-order valence-electron chi connectivity index (χ4n) is 3.11. The van der Waals surface area contributed by atoms with Gasteiger partial charge in [-0.1, -0.05) is 23.7 Å². The second-order valence-corrected chi connectivity index (χ2v) is 6.26. The number of nitrogens with two attached hydrogens (primary N) is 1. The molecule has 1 aliphatic heterocycles. The van der Waals surface area contributed by atoms with E-state index in [1.165, 1.54) is 4.90 Å². The first-order chi connectivity index (χ1) is 10.5. The molecule has 1 saturated heterocycles. The molecule has 1 aromatic carbocycles. The highest BCUT2D eigenvalue weighted by Gasteiger charge is 2.40. The first-order valence-corrected chi connectivity index (χ1v) is 7.93. The summed E-state index contributed by atoms with van der Waals surface area (Å²) in [6.45, 7) is 3.89. The van der Waals surface area contributed by atoms with Crippen LogP contribution in [0.1, 0.15) is 25.3 Å². The first kappa shape index (κ1) is 17.1. The van der Waals surface area contributed by atoms with Crippen molar-refractivity contribution in [2.24, 2.45) is 11.7 Å². The van der Waals surface area contributed by atoms with Gasteiger partial charge in [-0.2, -0.15) is 0 Å². The van der Waals surface area contributed by atoms with Crippen molar-refractivity contribution in [1.82, 2.24) is 4.90 Å². The summed E-state index contributed by atoms with van der Waals surface area (Å²) in [6.07, 6.45) is 0.869. The van der Waals surface area contributed by atoms with Gasteiger partial charge in [0, 0.05) is 30.6 Å². The zero-order chi connectivity index (χ0) is 16.2. The molecule has 0 saturated carbocycles. The van der Waals surface area contributed by atoms with Crippen LogP contribution in [0.5, 0.6) is 0 Å². The molecule has 2 atom stereocenters. The molecule has 0 spiro atoms. The van der Waals surface area contributed by atoms with Gasteiger partial charge in [0.15, 0.2) is 0 Å². The number of benzene rings is 1. The fourth-order valence-corrected chi connectivity index (χ4v) is 3.30. The third kappa shape index (κ3) is 3.72. The van der Waals surface area contributed by atoms with Gasteiger partial charge < -0.3 is 20.5 Å². The quantitative estimate of drug-likeness (QED) is 0.872. The number of ether oxygens (including phenoxy) is 1. The Morgan fingerprint density at radius 1 is 1.59 bits per heavy atom. The van der Waals surface area contributed by atoms with E-state index in [9.17, 15) is 9.90 Å². The second kappa shape index (κ2) is 7.31. The summed E-state index contributed by atoms with van der Waals surface area (Å²) in [5.41, 5.74) is 5.96. The predicted octanol–water partition coefficient (Wildman–Crippen LogP) is 2.92. The van der Waals surface area contributed by atoms with Crippen molar-refractivity contribution in [3.8, 4) is 0 Å². The summed E-state index contributed by atoms with van der Waals surface area (Å²) in [6, 6.07) is 7.57. The van der Waals surface area contributed by atoms with Crippen molar-refractivity contribution in [3.63, 3.8) is 0 Å². The van der Waals surface area contributed by atoms with Crippen molar-refractivity contribution >= 4 is 17.7 Å². The van der Waals surface area contributed by atoms with Crippen molar-refractivity contribution in [1.29, 1.82) is 0 Å². The second-order valence-electron chi connectivity index (χ2n) is 5.82. The highest BCUT2D eigenvalue weighted by Crippen LogP contribution is 2.39. The molecule has 2 rings (SSSR count). The van der Waals surface area contributed by atoms with Gasteiger partial charge >= 0.3 is 6.09 Å². The van der Waals surface area contributed by atoms with E-state index in [0.29, 0.717) is 31.3 Å². The van der Waals surface area contributed by atoms with Gasteiger partial charge in [0.1, 0.15) is 0 Å². The van der Waals surface area contributed by atoms with E-state index in [-0.39, 0.29) is 5.92 Å². The summed E-state index contributed by atoms with van der Waals surface area (Å²) in [5.74, 6) is 0.0716. The Morgan fingerprint density at radius 2 is 2.36 bits per heavy atom. The molecule has 5 nitrogen and oxygen atoms in total. The lowest BCUT2D eigenvalue weighted by atomic mass is 9.78. The van der Waals surface area contributed by atoms with Crippen LogP contribution < -0.4 is 5.73 Å². The van der Waals surface area contributed by atoms with Crippen LogP contribution in [0.15, 0.2) is 24.3 Å². The fraction of sp³-hybridized carbons (Fsp3) is 0.562. The molecule has 1 amide bonds. The summed E-state index contributed by atoms with van der Waals surface area (Å²) in [7, 11) is 0. The molecule has 1 aliphatic rings. The maximum atomic E-state index is 11.3. The normalized spacial score (nSPS) is 21.4. The molecule has 22 heavy (non-hydrogen) atoms. The molecule has 1 heterocycles. The maximum absolute atomic E-state index is 11.3. The van der Waals surface area contributed by atoms with E-state index in [4.69, 9.17) is 22.1 Å². The SMILES string of the molecule is CC(OCCN)(c1cccc(Cl)c1)C1CCCN(C(=O)O)C1. The smallest absolute Gasteiger partial charge is 0.407 e. The van der Waals surface area contributed by atoms with Gasteiger partial charge in [0.25, 0.3) is 0 Å². The van der Waals surface area contributed by atoms with Crippen LogP contribution >= 0.6 is 11.6 Å². The number of rotatable bonds is 5. The monoisotopic (exact) mass is 326 g/mol. The molecule has 3 N–H and O–H groups in total. The van der Waals surface area contributed by atoms with Gasteiger partial charge in [-0.05, 0) is 37.5 Å². The zero-order valence-corrected chi connectivity index (χ0v) is 13.6. The van der Waals surface area contributed by atoms with Crippen LogP contribution in [0, 0.1) is 5.92 Å². The number of hydrogen-bond acceptors (Lipinski definition) is 3. The molecule has 6 heteroatoms. The Morgan fingerprint density at radius 3 is 3.00 bits per heavy atom. The molecular weight excluding hydrogens is 304 g/mol. The number of carbonyl (C=O) groups is 1. The van der Waals surface area contributed by atoms with Gasteiger partial charge in [0.05, 0.1) is 12.2 Å². The maximum Gasteiger partial charge on any atom is 0.407 e. The van der Waals surface area contributed by atoms with Crippen LogP contribution in [0.2, 0.25) is 5.02 Å². The van der Waals surface area contributed by atoms with Crippen LogP contribution in [-0.4, -0.2) is 42.3 Å². The lowest BCUT2D eigenvalue weighted by molar-refractivity contribution is -0.0926. The Balaban J connectivity index is 2.30.